The molecule has 2 aromatic heterocycles. The Kier molecular flexibility index (Phi) is 3.44. The highest BCUT2D eigenvalue weighted by Gasteiger charge is 2.29. The van der Waals surface area contributed by atoms with Crippen molar-refractivity contribution in [1.29, 1.82) is 0 Å². The van der Waals surface area contributed by atoms with Gasteiger partial charge in [-0.3, -0.25) is 4.40 Å². The largest absolute Gasteiger partial charge is 0.295 e. The summed E-state index contributed by atoms with van der Waals surface area (Å²) in [5.41, 5.74) is 6.49. The maximum absolute atomic E-state index is 5.30. The third-order valence-corrected chi connectivity index (χ3v) is 6.80. The molecule has 0 bridgehead atoms. The summed E-state index contributed by atoms with van der Waals surface area (Å²) in [6.45, 7) is 6.90. The summed E-state index contributed by atoms with van der Waals surface area (Å²) in [4.78, 5) is 5.30. The fraction of sp³-hybridized carbons (Fsp3) is 0.222. The van der Waals surface area contributed by atoms with Gasteiger partial charge < -0.3 is 0 Å². The third kappa shape index (κ3) is 2.15. The number of benzene rings is 3. The standard InChI is InChI=1S/C27H24N2/c1-4-18-15-16(2)25-26(17(18)3)29-23-12-8-7-11-21(23)22-14-13-19-9-5-6-10-20(19)24(22)27(29)28-25/h5-17H,4H2,1-3H3. The normalized spacial score (nSPS) is 19.2. The topological polar surface area (TPSA) is 17.3 Å². The molecule has 1 aliphatic rings. The lowest BCUT2D eigenvalue weighted by molar-refractivity contribution is 0.720. The van der Waals surface area contributed by atoms with E-state index in [1.165, 1.54) is 49.4 Å². The van der Waals surface area contributed by atoms with Crippen LogP contribution in [0.1, 0.15) is 50.4 Å². The molecule has 0 radical (unpaired) electrons. The van der Waals surface area contributed by atoms with Gasteiger partial charge in [-0.1, -0.05) is 87.0 Å². The zero-order valence-corrected chi connectivity index (χ0v) is 17.1. The fourth-order valence-corrected chi connectivity index (χ4v) is 5.39. The second-order valence-electron chi connectivity index (χ2n) is 8.37. The molecule has 2 heterocycles. The predicted molar refractivity (Wildman–Crippen MR) is 123 cm³/mol. The van der Waals surface area contributed by atoms with Crippen molar-refractivity contribution in [3.05, 3.63) is 83.7 Å². The highest BCUT2D eigenvalue weighted by Crippen LogP contribution is 2.43. The number of rotatable bonds is 1. The summed E-state index contributed by atoms with van der Waals surface area (Å²) >= 11 is 0. The predicted octanol–water partition coefficient (Wildman–Crippen LogP) is 7.35. The van der Waals surface area contributed by atoms with Gasteiger partial charge in [-0.2, -0.15) is 0 Å². The van der Waals surface area contributed by atoms with E-state index >= 15 is 0 Å². The SMILES string of the molecule is CCC1=CC(C)c2nc3c4c5ccccc5ccc4c4ccccc4n3c2C1C. The summed E-state index contributed by atoms with van der Waals surface area (Å²) in [7, 11) is 0. The van der Waals surface area contributed by atoms with E-state index in [1.807, 2.05) is 0 Å². The number of allylic oxidation sites excluding steroid dienone is 2. The number of aromatic nitrogens is 2. The molecule has 0 fully saturated rings. The Hall–Kier alpha value is -3.13. The number of nitrogens with zero attached hydrogens (tertiary/aromatic N) is 2. The Bertz CT molecular complexity index is 1470. The molecule has 0 N–H and O–H groups in total. The van der Waals surface area contributed by atoms with E-state index in [9.17, 15) is 0 Å². The first-order valence-electron chi connectivity index (χ1n) is 10.6. The van der Waals surface area contributed by atoms with Crippen LogP contribution in [0.5, 0.6) is 0 Å². The molecular weight excluding hydrogens is 352 g/mol. The van der Waals surface area contributed by atoms with Crippen molar-refractivity contribution in [3.8, 4) is 0 Å². The number of hydrogen-bond donors (Lipinski definition) is 0. The lowest BCUT2D eigenvalue weighted by Crippen LogP contribution is -2.12. The fourth-order valence-electron chi connectivity index (χ4n) is 5.39. The van der Waals surface area contributed by atoms with Crippen molar-refractivity contribution < 1.29 is 0 Å². The summed E-state index contributed by atoms with van der Waals surface area (Å²) in [6.07, 6.45) is 3.52. The van der Waals surface area contributed by atoms with Crippen molar-refractivity contribution in [2.75, 3.05) is 0 Å². The van der Waals surface area contributed by atoms with Crippen LogP contribution in [-0.2, 0) is 0 Å². The lowest BCUT2D eigenvalue weighted by Gasteiger charge is -2.25. The maximum Gasteiger partial charge on any atom is 0.146 e. The Morgan fingerprint density at radius 2 is 1.62 bits per heavy atom. The van der Waals surface area contributed by atoms with Crippen LogP contribution in [0.2, 0.25) is 0 Å². The molecule has 5 aromatic rings. The van der Waals surface area contributed by atoms with Crippen LogP contribution in [0.15, 0.2) is 72.3 Å². The zero-order chi connectivity index (χ0) is 19.7. The van der Waals surface area contributed by atoms with Gasteiger partial charge in [-0.05, 0) is 28.6 Å². The molecule has 3 aromatic carbocycles. The first-order valence-corrected chi connectivity index (χ1v) is 10.6. The number of fused-ring (bicyclic) bond motifs is 10. The molecule has 0 spiro atoms. The van der Waals surface area contributed by atoms with E-state index in [0.29, 0.717) is 11.8 Å². The smallest absolute Gasteiger partial charge is 0.146 e. The molecule has 142 valence electrons. The zero-order valence-electron chi connectivity index (χ0n) is 17.1. The first kappa shape index (κ1) is 16.8. The minimum absolute atomic E-state index is 0.347. The highest BCUT2D eigenvalue weighted by molar-refractivity contribution is 6.22. The second kappa shape index (κ2) is 5.93. The molecule has 2 atom stereocenters. The summed E-state index contributed by atoms with van der Waals surface area (Å²) in [6, 6.07) is 22.0. The average Bonchev–Trinajstić information content (AvgIpc) is 3.17. The van der Waals surface area contributed by atoms with Gasteiger partial charge in [0.2, 0.25) is 0 Å². The van der Waals surface area contributed by atoms with Crippen LogP contribution >= 0.6 is 0 Å². The molecule has 1 aliphatic carbocycles. The third-order valence-electron chi connectivity index (χ3n) is 6.80. The quantitative estimate of drug-likeness (QED) is 0.221. The summed E-state index contributed by atoms with van der Waals surface area (Å²) in [5.74, 6) is 0.733. The number of hydrogen-bond acceptors (Lipinski definition) is 1. The summed E-state index contributed by atoms with van der Waals surface area (Å²) in [5, 5.41) is 6.42. The Morgan fingerprint density at radius 1 is 0.862 bits per heavy atom. The van der Waals surface area contributed by atoms with E-state index in [0.717, 1.165) is 12.1 Å². The molecule has 2 heteroatoms. The Labute approximate surface area is 170 Å². The molecule has 0 saturated carbocycles. The minimum atomic E-state index is 0.347. The first-order chi connectivity index (χ1) is 14.2. The van der Waals surface area contributed by atoms with Crippen LogP contribution in [0.4, 0.5) is 0 Å². The van der Waals surface area contributed by atoms with Crippen molar-refractivity contribution in [3.63, 3.8) is 0 Å². The molecule has 6 rings (SSSR count). The van der Waals surface area contributed by atoms with E-state index in [1.54, 1.807) is 0 Å². The number of para-hydroxylation sites is 1. The Balaban J connectivity index is 1.91. The van der Waals surface area contributed by atoms with Gasteiger partial charge in [0.1, 0.15) is 5.65 Å². The molecule has 0 amide bonds. The average molecular weight is 377 g/mol. The molecule has 2 unspecified atom stereocenters. The highest BCUT2D eigenvalue weighted by atomic mass is 15.0. The number of pyridine rings is 1. The van der Waals surface area contributed by atoms with Gasteiger partial charge >= 0.3 is 0 Å². The monoisotopic (exact) mass is 376 g/mol. The lowest BCUT2D eigenvalue weighted by atomic mass is 9.83. The van der Waals surface area contributed by atoms with Crippen LogP contribution < -0.4 is 0 Å². The number of imidazole rings is 1. The van der Waals surface area contributed by atoms with Gasteiger partial charge in [0, 0.05) is 22.6 Å². The van der Waals surface area contributed by atoms with Crippen LogP contribution in [0, 0.1) is 0 Å². The van der Waals surface area contributed by atoms with Crippen molar-refractivity contribution in [2.24, 2.45) is 0 Å². The van der Waals surface area contributed by atoms with Crippen molar-refractivity contribution in [1.82, 2.24) is 9.38 Å². The van der Waals surface area contributed by atoms with E-state index in [4.69, 9.17) is 4.98 Å². The molecule has 0 saturated heterocycles. The Morgan fingerprint density at radius 3 is 2.45 bits per heavy atom. The molecular formula is C27H24N2. The minimum Gasteiger partial charge on any atom is -0.295 e. The van der Waals surface area contributed by atoms with Gasteiger partial charge in [-0.15, -0.1) is 0 Å². The second-order valence-corrected chi connectivity index (χ2v) is 8.37. The molecule has 0 aliphatic heterocycles. The van der Waals surface area contributed by atoms with Crippen molar-refractivity contribution >= 4 is 38.1 Å². The van der Waals surface area contributed by atoms with E-state index < -0.39 is 0 Å². The van der Waals surface area contributed by atoms with Gasteiger partial charge in [0.05, 0.1) is 16.9 Å². The summed E-state index contributed by atoms with van der Waals surface area (Å²) < 4.78 is 2.46. The van der Waals surface area contributed by atoms with Crippen LogP contribution in [0.25, 0.3) is 38.1 Å². The van der Waals surface area contributed by atoms with Crippen LogP contribution in [-0.4, -0.2) is 9.38 Å². The molecule has 29 heavy (non-hydrogen) atoms. The van der Waals surface area contributed by atoms with Gasteiger partial charge in [0.15, 0.2) is 0 Å². The van der Waals surface area contributed by atoms with Crippen LogP contribution in [0.3, 0.4) is 0 Å². The van der Waals surface area contributed by atoms with E-state index in [2.05, 4.69) is 91.9 Å². The van der Waals surface area contributed by atoms with E-state index in [-0.39, 0.29) is 0 Å². The van der Waals surface area contributed by atoms with Crippen molar-refractivity contribution in [2.45, 2.75) is 39.0 Å². The molecule has 2 nitrogen and oxygen atoms in total. The van der Waals surface area contributed by atoms with Gasteiger partial charge in [-0.25, -0.2) is 4.98 Å². The maximum atomic E-state index is 5.30. The van der Waals surface area contributed by atoms with Gasteiger partial charge in [0.25, 0.3) is 0 Å².